The van der Waals surface area contributed by atoms with E-state index in [1.54, 1.807) is 0 Å². The normalized spacial score (nSPS) is 1.00. The Hall–Kier alpha value is 0.0499. The minimum absolute atomic E-state index is 0. The zero-order valence-electron chi connectivity index (χ0n) is 2.57. The first-order valence-electron chi connectivity index (χ1n) is 0.333. The Morgan fingerprint density at radius 3 is 0.750 bits per heavy atom. The second-order valence-electron chi connectivity index (χ2n) is 0. The molecule has 0 aliphatic carbocycles. The third-order valence-electron chi connectivity index (χ3n) is 0. The molecule has 0 aromatic carbocycles. The first-order valence-corrected chi connectivity index (χ1v) is 0.333. The van der Waals surface area contributed by atoms with Crippen LogP contribution in [0.4, 0.5) is 0 Å². The Labute approximate surface area is 28.9 Å². The monoisotopic (exact) mass is 56.1 g/mol. The molecule has 0 heterocycles. The minimum Gasteiger partial charge on any atom is -0.344 e. The summed E-state index contributed by atoms with van der Waals surface area (Å²) < 4.78 is 0. The van der Waals surface area contributed by atoms with Gasteiger partial charge in [0.05, 0.1) is 0 Å². The standard InChI is InChI=1S/B2.2H3N/c1-2;;/h;2*1H3. The van der Waals surface area contributed by atoms with Gasteiger partial charge in [-0.1, -0.05) is 0 Å². The summed E-state index contributed by atoms with van der Waals surface area (Å²) in [6.45, 7) is 0. The summed E-state index contributed by atoms with van der Waals surface area (Å²) >= 11 is 0. The van der Waals surface area contributed by atoms with Gasteiger partial charge >= 0.3 is 0 Å². The molecule has 0 unspecified atom stereocenters. The Balaban J connectivity index is -0.00000000500. The molecule has 0 aliphatic heterocycles. The van der Waals surface area contributed by atoms with E-state index in [9.17, 15) is 0 Å². The van der Waals surface area contributed by atoms with Gasteiger partial charge in [-0.05, 0) is 0 Å². The summed E-state index contributed by atoms with van der Waals surface area (Å²) in [4.78, 5) is 0. The Bertz CT molecular complexity index is 4.00. The van der Waals surface area contributed by atoms with Crippen LogP contribution in [-0.4, -0.2) is 15.5 Å². The van der Waals surface area contributed by atoms with Crippen LogP contribution < -0.4 is 12.3 Å². The summed E-state index contributed by atoms with van der Waals surface area (Å²) in [6, 6.07) is 0. The van der Waals surface area contributed by atoms with Gasteiger partial charge in [0.15, 0.2) is 0 Å². The van der Waals surface area contributed by atoms with Gasteiger partial charge in [-0.2, -0.15) is 0 Å². The smallest absolute Gasteiger partial charge is 0 e. The summed E-state index contributed by atoms with van der Waals surface area (Å²) in [5.74, 6) is 0. The summed E-state index contributed by atoms with van der Waals surface area (Å²) in [7, 11) is 8.00. The molecule has 0 saturated carbocycles. The Morgan fingerprint density at radius 1 is 0.750 bits per heavy atom. The first-order chi connectivity index (χ1) is 1.00. The fourth-order valence-corrected chi connectivity index (χ4v) is 0. The van der Waals surface area contributed by atoms with Gasteiger partial charge in [0.25, 0.3) is 0 Å². The second-order valence-corrected chi connectivity index (χ2v) is 0. The highest BCUT2D eigenvalue weighted by Gasteiger charge is 1.00. The average Bonchev–Trinajstić information content (AvgIpc) is 1.00. The largest absolute Gasteiger partial charge is 0.344 e. The van der Waals surface area contributed by atoms with Crippen LogP contribution in [0.1, 0.15) is 0 Å². The van der Waals surface area contributed by atoms with Crippen molar-refractivity contribution in [1.82, 2.24) is 12.3 Å². The highest BCUT2D eigenvalue weighted by molar-refractivity contribution is 6.75. The molecule has 0 fully saturated rings. The number of rotatable bonds is 0. The maximum absolute atomic E-state index is 4.00. The van der Waals surface area contributed by atoms with Crippen molar-refractivity contribution in [3.05, 3.63) is 0 Å². The van der Waals surface area contributed by atoms with Crippen molar-refractivity contribution in [2.75, 3.05) is 0 Å². The van der Waals surface area contributed by atoms with Crippen molar-refractivity contribution in [2.45, 2.75) is 0 Å². The summed E-state index contributed by atoms with van der Waals surface area (Å²) in [5.41, 5.74) is 0. The van der Waals surface area contributed by atoms with Gasteiger partial charge in [0.1, 0.15) is 0 Å². The molecule has 22 valence electrons. The van der Waals surface area contributed by atoms with Crippen molar-refractivity contribution in [3.63, 3.8) is 0 Å². The molecule has 0 rings (SSSR count). The van der Waals surface area contributed by atoms with Crippen LogP contribution >= 0.6 is 0 Å². The van der Waals surface area contributed by atoms with E-state index >= 15 is 0 Å². The molecule has 4 heavy (non-hydrogen) atoms. The lowest BCUT2D eigenvalue weighted by molar-refractivity contribution is 2.13. The molecular weight excluding hydrogens is 49.6 g/mol. The quantitative estimate of drug-likeness (QED) is 0.369. The van der Waals surface area contributed by atoms with Crippen LogP contribution in [0.5, 0.6) is 0 Å². The minimum atomic E-state index is 0. The highest BCUT2D eigenvalue weighted by Crippen LogP contribution is 0.619. The first kappa shape index (κ1) is 34.2. The summed E-state index contributed by atoms with van der Waals surface area (Å²) in [5, 5.41) is 0. The zero-order chi connectivity index (χ0) is 2.00. The van der Waals surface area contributed by atoms with E-state index < -0.39 is 0 Å². The molecule has 0 saturated heterocycles. The Morgan fingerprint density at radius 2 is 0.750 bits per heavy atom. The number of hydrogen-bond acceptors (Lipinski definition) is 2. The maximum Gasteiger partial charge on any atom is 0 e. The Kier molecular flexibility index (Phi) is 44000. The van der Waals surface area contributed by atoms with E-state index in [1.807, 2.05) is 0 Å². The molecule has 0 atom stereocenters. The lowest BCUT2D eigenvalue weighted by Crippen LogP contribution is -1.38. The molecule has 0 spiro atoms. The molecule has 0 aliphatic rings. The highest BCUT2D eigenvalue weighted by atomic mass is 14.0. The fraction of sp³-hybridized carbons (Fsp3) is 0. The molecular formula is H6B2N2. The van der Waals surface area contributed by atoms with E-state index in [2.05, 4.69) is 15.5 Å². The topological polar surface area (TPSA) is 70.0 Å². The third-order valence-corrected chi connectivity index (χ3v) is 0. The second kappa shape index (κ2) is 5150. The molecule has 0 bridgehead atoms. The van der Waals surface area contributed by atoms with Gasteiger partial charge in [-0.15, -0.1) is 0 Å². The van der Waals surface area contributed by atoms with E-state index in [4.69, 9.17) is 0 Å². The van der Waals surface area contributed by atoms with Gasteiger partial charge in [-0.25, -0.2) is 0 Å². The summed E-state index contributed by atoms with van der Waals surface area (Å²) in [6.07, 6.45) is 0. The van der Waals surface area contributed by atoms with Gasteiger partial charge in [0.2, 0.25) is 0 Å². The molecule has 0 aromatic heterocycles. The lowest BCUT2D eigenvalue weighted by atomic mass is 9.81. The fourth-order valence-electron chi connectivity index (χ4n) is 0. The average molecular weight is 55.7 g/mol. The molecule has 0 aromatic rings. The van der Waals surface area contributed by atoms with Gasteiger partial charge < -0.3 is 12.3 Å². The predicted molar refractivity (Wildman–Crippen MR) is 21.6 cm³/mol. The maximum atomic E-state index is 4.00. The lowest BCUT2D eigenvalue weighted by Gasteiger charge is -1.00. The van der Waals surface area contributed by atoms with E-state index in [0.717, 1.165) is 0 Å². The molecule has 0 amide bonds. The van der Waals surface area contributed by atoms with Gasteiger partial charge in [0, 0.05) is 15.5 Å². The van der Waals surface area contributed by atoms with Crippen LogP contribution in [-0.2, 0) is 0 Å². The zero-order valence-corrected chi connectivity index (χ0v) is 2.57. The van der Waals surface area contributed by atoms with Crippen molar-refractivity contribution < 1.29 is 0 Å². The predicted octanol–water partition coefficient (Wildman–Crippen LogP) is -0.438. The molecule has 6 N–H and O–H groups in total. The molecule has 4 heteroatoms. The third kappa shape index (κ3) is 908. The molecule has 4 radical (unpaired) electrons. The van der Waals surface area contributed by atoms with Crippen LogP contribution in [0.3, 0.4) is 0 Å². The van der Waals surface area contributed by atoms with Crippen LogP contribution in [0.25, 0.3) is 0 Å². The number of hydrogen-bond donors (Lipinski definition) is 2. The van der Waals surface area contributed by atoms with Crippen molar-refractivity contribution in [3.8, 4) is 0 Å². The SMILES string of the molecule is N.N.[B][B]. The van der Waals surface area contributed by atoms with Crippen molar-refractivity contribution in [1.29, 1.82) is 0 Å². The van der Waals surface area contributed by atoms with Crippen molar-refractivity contribution in [2.24, 2.45) is 0 Å². The van der Waals surface area contributed by atoms with Crippen LogP contribution in [0, 0.1) is 0 Å². The van der Waals surface area contributed by atoms with Gasteiger partial charge in [-0.3, -0.25) is 0 Å². The van der Waals surface area contributed by atoms with Crippen LogP contribution in [0.2, 0.25) is 0 Å². The van der Waals surface area contributed by atoms with Crippen LogP contribution in [0.15, 0.2) is 0 Å². The molecule has 2 nitrogen and oxygen atoms in total. The van der Waals surface area contributed by atoms with E-state index in [0.29, 0.717) is 0 Å². The van der Waals surface area contributed by atoms with E-state index in [-0.39, 0.29) is 12.3 Å². The van der Waals surface area contributed by atoms with E-state index in [1.165, 1.54) is 0 Å². The van der Waals surface area contributed by atoms with Crippen molar-refractivity contribution >= 4 is 15.5 Å².